The molecule has 0 amide bonds. The molecule has 0 radical (unpaired) electrons. The van der Waals surface area contributed by atoms with Crippen molar-refractivity contribution in [3.05, 3.63) is 35.6 Å². The molecule has 1 rings (SSSR count). The maximum absolute atomic E-state index is 13.3. The highest BCUT2D eigenvalue weighted by atomic mass is 19.1. The fourth-order valence-corrected chi connectivity index (χ4v) is 1.52. The van der Waals surface area contributed by atoms with Gasteiger partial charge in [0.25, 0.3) is 0 Å². The lowest BCUT2D eigenvalue weighted by molar-refractivity contribution is -0.143. The van der Waals surface area contributed by atoms with Crippen LogP contribution in [-0.2, 0) is 4.79 Å². The van der Waals surface area contributed by atoms with Gasteiger partial charge in [-0.3, -0.25) is 0 Å². The molecule has 1 aromatic rings. The number of carbonyl (C=O) groups is 1. The number of carboxylic acids is 1. The first-order valence-electron chi connectivity index (χ1n) is 4.68. The summed E-state index contributed by atoms with van der Waals surface area (Å²) < 4.78 is 26.1. The third-order valence-corrected chi connectivity index (χ3v) is 2.31. The number of hydrogen-bond acceptors (Lipinski definition) is 1. The fraction of sp³-hybridized carbons (Fsp3) is 0.364. The van der Waals surface area contributed by atoms with Crippen LogP contribution in [0.1, 0.15) is 24.8 Å². The smallest absolute Gasteiger partial charge is 0.338 e. The number of halogens is 2. The average molecular weight is 214 g/mol. The minimum absolute atomic E-state index is 0.316. The molecule has 0 aliphatic rings. The van der Waals surface area contributed by atoms with Crippen LogP contribution in [0.3, 0.4) is 0 Å². The van der Waals surface area contributed by atoms with Gasteiger partial charge in [0.15, 0.2) is 0 Å². The Morgan fingerprint density at radius 1 is 1.53 bits per heavy atom. The molecule has 2 unspecified atom stereocenters. The predicted octanol–water partition coefficient (Wildman–Crippen LogP) is 2.74. The van der Waals surface area contributed by atoms with Crippen molar-refractivity contribution in [2.45, 2.75) is 25.4 Å². The summed E-state index contributed by atoms with van der Waals surface area (Å²) in [5.41, 5.74) is 0.382. The van der Waals surface area contributed by atoms with Crippen molar-refractivity contribution in [2.24, 2.45) is 0 Å². The summed E-state index contributed by atoms with van der Waals surface area (Å²) in [6.45, 7) is 1.67. The van der Waals surface area contributed by atoms with Crippen molar-refractivity contribution >= 4 is 5.97 Å². The number of aliphatic carboxylic acids is 1. The van der Waals surface area contributed by atoms with Gasteiger partial charge in [0.1, 0.15) is 5.82 Å². The summed E-state index contributed by atoms with van der Waals surface area (Å²) in [6.07, 6.45) is -1.67. The van der Waals surface area contributed by atoms with Crippen molar-refractivity contribution in [1.82, 2.24) is 0 Å². The van der Waals surface area contributed by atoms with Crippen molar-refractivity contribution in [3.8, 4) is 0 Å². The Balaban J connectivity index is 2.97. The van der Waals surface area contributed by atoms with E-state index in [-0.39, 0.29) is 0 Å². The van der Waals surface area contributed by atoms with Crippen LogP contribution in [0.15, 0.2) is 24.3 Å². The third kappa shape index (κ3) is 2.75. The lowest BCUT2D eigenvalue weighted by Crippen LogP contribution is -2.23. The largest absolute Gasteiger partial charge is 0.479 e. The molecule has 0 saturated carbocycles. The van der Waals surface area contributed by atoms with Gasteiger partial charge in [0, 0.05) is 5.92 Å². The number of hydrogen-bond donors (Lipinski definition) is 1. The van der Waals surface area contributed by atoms with Gasteiger partial charge in [0.2, 0.25) is 6.17 Å². The number of alkyl halides is 1. The Labute approximate surface area is 86.5 Å². The molecule has 15 heavy (non-hydrogen) atoms. The first-order chi connectivity index (χ1) is 7.06. The van der Waals surface area contributed by atoms with Gasteiger partial charge in [-0.2, -0.15) is 0 Å². The van der Waals surface area contributed by atoms with Gasteiger partial charge >= 0.3 is 5.97 Å². The summed E-state index contributed by atoms with van der Waals surface area (Å²) in [7, 11) is 0. The predicted molar refractivity (Wildman–Crippen MR) is 52.0 cm³/mol. The summed E-state index contributed by atoms with van der Waals surface area (Å²) in [5, 5.41) is 8.55. The van der Waals surface area contributed by atoms with Crippen LogP contribution in [0.5, 0.6) is 0 Å². The van der Waals surface area contributed by atoms with Crippen LogP contribution in [-0.4, -0.2) is 17.2 Å². The second-order valence-electron chi connectivity index (χ2n) is 3.31. The molecular weight excluding hydrogens is 202 g/mol. The molecule has 82 valence electrons. The minimum atomic E-state index is -1.99. The Morgan fingerprint density at radius 2 is 2.20 bits per heavy atom. The zero-order valence-electron chi connectivity index (χ0n) is 8.28. The normalized spacial score (nSPS) is 14.6. The second-order valence-corrected chi connectivity index (χ2v) is 3.31. The van der Waals surface area contributed by atoms with E-state index in [4.69, 9.17) is 5.11 Å². The minimum Gasteiger partial charge on any atom is -0.479 e. The summed E-state index contributed by atoms with van der Waals surface area (Å²) in [6, 6.07) is 5.39. The monoisotopic (exact) mass is 214 g/mol. The lowest BCUT2D eigenvalue weighted by Gasteiger charge is -2.16. The third-order valence-electron chi connectivity index (χ3n) is 2.31. The van der Waals surface area contributed by atoms with Gasteiger partial charge in [-0.1, -0.05) is 19.1 Å². The van der Waals surface area contributed by atoms with E-state index in [1.807, 2.05) is 0 Å². The number of carboxylic acid groups (broad SMARTS) is 1. The molecule has 0 aliphatic carbocycles. The van der Waals surface area contributed by atoms with E-state index in [9.17, 15) is 13.6 Å². The maximum Gasteiger partial charge on any atom is 0.338 e. The zero-order valence-corrected chi connectivity index (χ0v) is 8.28. The lowest BCUT2D eigenvalue weighted by atomic mass is 9.92. The quantitative estimate of drug-likeness (QED) is 0.836. The van der Waals surface area contributed by atoms with Crippen LogP contribution in [0.4, 0.5) is 8.78 Å². The average Bonchev–Trinajstić information content (AvgIpc) is 2.18. The van der Waals surface area contributed by atoms with Crippen molar-refractivity contribution in [3.63, 3.8) is 0 Å². The van der Waals surface area contributed by atoms with E-state index < -0.39 is 23.9 Å². The van der Waals surface area contributed by atoms with Crippen LogP contribution in [0.2, 0.25) is 0 Å². The molecule has 0 saturated heterocycles. The molecule has 0 heterocycles. The fourth-order valence-electron chi connectivity index (χ4n) is 1.52. The first-order valence-corrected chi connectivity index (χ1v) is 4.68. The maximum atomic E-state index is 13.3. The van der Waals surface area contributed by atoms with Crippen LogP contribution >= 0.6 is 0 Å². The van der Waals surface area contributed by atoms with E-state index in [1.165, 1.54) is 24.3 Å². The molecule has 0 spiro atoms. The Morgan fingerprint density at radius 3 is 2.67 bits per heavy atom. The highest BCUT2D eigenvalue weighted by Crippen LogP contribution is 2.26. The van der Waals surface area contributed by atoms with E-state index in [2.05, 4.69) is 0 Å². The zero-order chi connectivity index (χ0) is 11.4. The van der Waals surface area contributed by atoms with Gasteiger partial charge in [-0.25, -0.2) is 13.6 Å². The van der Waals surface area contributed by atoms with E-state index in [1.54, 1.807) is 6.92 Å². The van der Waals surface area contributed by atoms with E-state index in [0.29, 0.717) is 12.0 Å². The summed E-state index contributed by atoms with van der Waals surface area (Å²) >= 11 is 0. The number of rotatable bonds is 4. The second kappa shape index (κ2) is 4.87. The Kier molecular flexibility index (Phi) is 3.77. The highest BCUT2D eigenvalue weighted by molar-refractivity contribution is 5.73. The molecule has 2 atom stereocenters. The van der Waals surface area contributed by atoms with Gasteiger partial charge < -0.3 is 5.11 Å². The van der Waals surface area contributed by atoms with Crippen LogP contribution in [0.25, 0.3) is 0 Å². The van der Waals surface area contributed by atoms with Gasteiger partial charge in [-0.15, -0.1) is 0 Å². The SMILES string of the molecule is CCC(c1cccc(F)c1)C(F)C(=O)O. The molecule has 2 nitrogen and oxygen atoms in total. The van der Waals surface area contributed by atoms with Crippen molar-refractivity contribution in [1.29, 1.82) is 0 Å². The van der Waals surface area contributed by atoms with E-state index in [0.717, 1.165) is 0 Å². The van der Waals surface area contributed by atoms with Crippen LogP contribution in [0, 0.1) is 5.82 Å². The molecule has 0 bridgehead atoms. The molecular formula is C11H12F2O2. The van der Waals surface area contributed by atoms with Crippen molar-refractivity contribution < 1.29 is 18.7 Å². The van der Waals surface area contributed by atoms with E-state index >= 15 is 0 Å². The van der Waals surface area contributed by atoms with Gasteiger partial charge in [-0.05, 0) is 24.1 Å². The van der Waals surface area contributed by atoms with Crippen LogP contribution < -0.4 is 0 Å². The standard InChI is InChI=1S/C11H12F2O2/c1-2-9(10(13)11(14)15)7-4-3-5-8(12)6-7/h3-6,9-10H,2H2,1H3,(H,14,15). The molecule has 0 fully saturated rings. The molecule has 0 aliphatic heterocycles. The van der Waals surface area contributed by atoms with Gasteiger partial charge in [0.05, 0.1) is 0 Å². The highest BCUT2D eigenvalue weighted by Gasteiger charge is 2.27. The molecule has 4 heteroatoms. The first kappa shape index (κ1) is 11.6. The molecule has 0 aromatic heterocycles. The summed E-state index contributed by atoms with van der Waals surface area (Å²) in [4.78, 5) is 10.5. The Hall–Kier alpha value is -1.45. The molecule has 1 aromatic carbocycles. The number of benzene rings is 1. The summed E-state index contributed by atoms with van der Waals surface area (Å²) in [5.74, 6) is -2.78. The van der Waals surface area contributed by atoms with Crippen molar-refractivity contribution in [2.75, 3.05) is 0 Å². The Bertz CT molecular complexity index is 352. The topological polar surface area (TPSA) is 37.3 Å². The molecule has 1 N–H and O–H groups in total.